The Morgan fingerprint density at radius 1 is 1.12 bits per heavy atom. The fraction of sp³-hybridized carbons (Fsp3) is 0.385. The summed E-state index contributed by atoms with van der Waals surface area (Å²) in [5.41, 5.74) is 0.715. The average molecular weight is 505 g/mol. The van der Waals surface area contributed by atoms with Gasteiger partial charge in [-0.05, 0) is 41.3 Å². The van der Waals surface area contributed by atoms with E-state index in [4.69, 9.17) is 27.9 Å². The van der Waals surface area contributed by atoms with Crippen molar-refractivity contribution >= 4 is 40.7 Å². The van der Waals surface area contributed by atoms with E-state index in [1.807, 2.05) is 27.9 Å². The van der Waals surface area contributed by atoms with Gasteiger partial charge in [0, 0.05) is 28.6 Å². The molecule has 0 aromatic heterocycles. The lowest BCUT2D eigenvalue weighted by Gasteiger charge is -2.28. The van der Waals surface area contributed by atoms with Crippen LogP contribution in [0.1, 0.15) is 37.4 Å². The van der Waals surface area contributed by atoms with Gasteiger partial charge in [-0.15, -0.1) is 0 Å². The van der Waals surface area contributed by atoms with Gasteiger partial charge in [-0.1, -0.05) is 61.0 Å². The minimum absolute atomic E-state index is 0.0951. The Hall–Kier alpha value is -2.54. The molecule has 1 aliphatic rings. The lowest BCUT2D eigenvalue weighted by Crippen LogP contribution is -3.05. The van der Waals surface area contributed by atoms with Crippen LogP contribution in [-0.4, -0.2) is 50.4 Å². The first-order chi connectivity index (χ1) is 16.1. The van der Waals surface area contributed by atoms with Crippen LogP contribution in [0.2, 0.25) is 10.0 Å². The van der Waals surface area contributed by atoms with E-state index in [0.717, 1.165) is 6.54 Å². The second-order valence-corrected chi connectivity index (χ2v) is 10.0. The first kappa shape index (κ1) is 26.1. The summed E-state index contributed by atoms with van der Waals surface area (Å²) in [5, 5.41) is 14.2. The summed E-state index contributed by atoms with van der Waals surface area (Å²) in [5.74, 6) is -0.980. The van der Waals surface area contributed by atoms with Crippen molar-refractivity contribution in [3.05, 3.63) is 69.2 Å². The molecule has 1 unspecified atom stereocenters. The van der Waals surface area contributed by atoms with Crippen molar-refractivity contribution in [1.29, 1.82) is 0 Å². The largest absolute Gasteiger partial charge is 0.872 e. The molecule has 182 valence electrons. The Morgan fingerprint density at radius 3 is 2.38 bits per heavy atom. The predicted molar refractivity (Wildman–Crippen MR) is 132 cm³/mol. The lowest BCUT2D eigenvalue weighted by atomic mass is 9.95. The van der Waals surface area contributed by atoms with Crippen LogP contribution in [0.5, 0.6) is 5.75 Å². The molecule has 1 heterocycles. The lowest BCUT2D eigenvalue weighted by molar-refractivity contribution is -0.858. The van der Waals surface area contributed by atoms with Crippen LogP contribution in [-0.2, 0) is 9.59 Å². The number of ether oxygens (including phenoxy) is 1. The minimum atomic E-state index is -0.869. The zero-order valence-electron chi connectivity index (χ0n) is 19.9. The normalized spacial score (nSPS) is 17.8. The first-order valence-electron chi connectivity index (χ1n) is 11.3. The molecule has 1 amide bonds. The number of carbonyl (C=O) groups excluding carboxylic acids is 2. The zero-order valence-corrected chi connectivity index (χ0v) is 21.4. The topological polar surface area (TPSA) is 74.1 Å². The quantitative estimate of drug-likeness (QED) is 0.323. The van der Waals surface area contributed by atoms with Crippen LogP contribution in [0, 0.1) is 5.92 Å². The predicted octanol–water partition coefficient (Wildman–Crippen LogP) is 2.79. The van der Waals surface area contributed by atoms with Gasteiger partial charge in [0.05, 0.1) is 33.3 Å². The molecule has 0 radical (unpaired) electrons. The number of benzene rings is 2. The maximum atomic E-state index is 13.5. The molecule has 0 spiro atoms. The summed E-state index contributed by atoms with van der Waals surface area (Å²) >= 11 is 12.5. The molecule has 1 aliphatic heterocycles. The molecular formula is C26H30Cl2N2O4. The summed E-state index contributed by atoms with van der Waals surface area (Å²) in [6, 6.07) is 10.6. The van der Waals surface area contributed by atoms with Crippen molar-refractivity contribution in [2.45, 2.75) is 26.3 Å². The molecule has 1 atom stereocenters. The second kappa shape index (κ2) is 11.3. The smallest absolute Gasteiger partial charge is 0.295 e. The summed E-state index contributed by atoms with van der Waals surface area (Å²) < 4.78 is 5.68. The number of rotatable bonds is 9. The Bertz CT molecular complexity index is 1080. The standard InChI is InChI=1S/C26H30Cl2N2O4/c1-16(2)15-34-19-9-6-17(7-10-19)24(31)22-23(20-11-8-18(27)14-21(20)28)30(26(33)25(22)32)13-5-12-29(3)4/h6-11,14,16,23,31H,5,12-13,15H2,1-4H3/b24-22+. The molecule has 8 heteroatoms. The van der Waals surface area contributed by atoms with Gasteiger partial charge in [0.2, 0.25) is 5.78 Å². The summed E-state index contributed by atoms with van der Waals surface area (Å²) in [6.07, 6.45) is 0.673. The summed E-state index contributed by atoms with van der Waals surface area (Å²) in [7, 11) is 4.03. The first-order valence-corrected chi connectivity index (χ1v) is 12.1. The molecule has 3 rings (SSSR count). The van der Waals surface area contributed by atoms with Crippen LogP contribution in [0.4, 0.5) is 0 Å². The number of carbonyl (C=O) groups is 2. The van der Waals surface area contributed by atoms with E-state index in [2.05, 4.69) is 0 Å². The van der Waals surface area contributed by atoms with E-state index in [1.54, 1.807) is 42.5 Å². The monoisotopic (exact) mass is 504 g/mol. The number of nitrogens with one attached hydrogen (secondary N) is 1. The minimum Gasteiger partial charge on any atom is -0.872 e. The molecule has 0 bridgehead atoms. The van der Waals surface area contributed by atoms with Crippen molar-refractivity contribution in [3.63, 3.8) is 0 Å². The van der Waals surface area contributed by atoms with E-state index in [-0.39, 0.29) is 5.57 Å². The van der Waals surface area contributed by atoms with Gasteiger partial charge in [-0.2, -0.15) is 0 Å². The van der Waals surface area contributed by atoms with Gasteiger partial charge in [0.15, 0.2) is 0 Å². The molecule has 0 aliphatic carbocycles. The van der Waals surface area contributed by atoms with Crippen LogP contribution in [0.15, 0.2) is 48.0 Å². The van der Waals surface area contributed by atoms with Crippen LogP contribution >= 0.6 is 23.2 Å². The van der Waals surface area contributed by atoms with Crippen molar-refractivity contribution in [2.75, 3.05) is 33.8 Å². The van der Waals surface area contributed by atoms with E-state index in [1.165, 1.54) is 9.80 Å². The van der Waals surface area contributed by atoms with E-state index < -0.39 is 23.5 Å². The highest BCUT2D eigenvalue weighted by molar-refractivity contribution is 6.47. The highest BCUT2D eigenvalue weighted by atomic mass is 35.5. The third-order valence-corrected chi connectivity index (χ3v) is 6.12. The number of halogens is 2. The number of quaternary nitrogens is 1. The molecule has 2 aromatic rings. The van der Waals surface area contributed by atoms with E-state index >= 15 is 0 Å². The fourth-order valence-corrected chi connectivity index (χ4v) is 4.38. The number of ketones is 1. The van der Waals surface area contributed by atoms with Crippen molar-refractivity contribution in [1.82, 2.24) is 4.90 Å². The molecule has 6 nitrogen and oxygen atoms in total. The average Bonchev–Trinajstić information content (AvgIpc) is 3.02. The Kier molecular flexibility index (Phi) is 8.63. The number of amides is 1. The van der Waals surface area contributed by atoms with Gasteiger partial charge in [0.25, 0.3) is 5.91 Å². The highest BCUT2D eigenvalue weighted by Gasteiger charge is 2.44. The number of likely N-dealkylation sites (tertiary alicyclic amines) is 1. The molecule has 34 heavy (non-hydrogen) atoms. The summed E-state index contributed by atoms with van der Waals surface area (Å²) in [6.45, 7) is 5.78. The van der Waals surface area contributed by atoms with Crippen molar-refractivity contribution in [2.24, 2.45) is 5.92 Å². The third kappa shape index (κ3) is 5.93. The molecule has 1 saturated heterocycles. The molecule has 0 saturated carbocycles. The third-order valence-electron chi connectivity index (χ3n) is 5.56. The van der Waals surface area contributed by atoms with E-state index in [9.17, 15) is 14.7 Å². The van der Waals surface area contributed by atoms with Gasteiger partial charge in [-0.3, -0.25) is 9.59 Å². The molecular weight excluding hydrogens is 475 g/mol. The zero-order chi connectivity index (χ0) is 25.0. The number of hydrogen-bond acceptors (Lipinski definition) is 4. The van der Waals surface area contributed by atoms with Gasteiger partial charge >= 0.3 is 0 Å². The highest BCUT2D eigenvalue weighted by Crippen LogP contribution is 2.42. The molecule has 1 fully saturated rings. The van der Waals surface area contributed by atoms with Gasteiger partial charge in [0.1, 0.15) is 5.75 Å². The Balaban J connectivity index is 2.04. The van der Waals surface area contributed by atoms with Crippen molar-refractivity contribution < 1.29 is 24.3 Å². The fourth-order valence-electron chi connectivity index (χ4n) is 3.87. The number of Topliss-reactive ketones (excluding diaryl/α,β-unsaturated/α-hetero) is 1. The number of hydrogen-bond donors (Lipinski definition) is 1. The Labute approximate surface area is 210 Å². The molecule has 2 aromatic carbocycles. The van der Waals surface area contributed by atoms with Gasteiger partial charge < -0.3 is 19.6 Å². The Morgan fingerprint density at radius 2 is 1.79 bits per heavy atom. The van der Waals surface area contributed by atoms with E-state index in [0.29, 0.717) is 52.4 Å². The van der Waals surface area contributed by atoms with Gasteiger partial charge in [-0.25, -0.2) is 0 Å². The maximum absolute atomic E-state index is 13.5. The van der Waals surface area contributed by atoms with Crippen LogP contribution < -0.4 is 14.7 Å². The van der Waals surface area contributed by atoms with Crippen LogP contribution in [0.3, 0.4) is 0 Å². The van der Waals surface area contributed by atoms with Crippen LogP contribution in [0.25, 0.3) is 5.76 Å². The maximum Gasteiger partial charge on any atom is 0.295 e. The SMILES string of the molecule is CC(C)COc1ccc(/C([O-])=C2\C(=O)C(=O)N(CCC[NH+](C)C)C2c2ccc(Cl)cc2Cl)cc1. The molecule has 1 N–H and O–H groups in total. The number of nitrogens with zero attached hydrogens (tertiary/aromatic N) is 1. The summed E-state index contributed by atoms with van der Waals surface area (Å²) in [4.78, 5) is 28.8. The van der Waals surface area contributed by atoms with Crippen molar-refractivity contribution in [3.8, 4) is 5.75 Å². The second-order valence-electron chi connectivity index (χ2n) is 9.18.